The van der Waals surface area contributed by atoms with Crippen molar-refractivity contribution in [2.45, 2.75) is 19.3 Å². The lowest BCUT2D eigenvalue weighted by Gasteiger charge is -2.21. The second kappa shape index (κ2) is 7.55. The van der Waals surface area contributed by atoms with Crippen molar-refractivity contribution in [3.05, 3.63) is 72.4 Å². The maximum absolute atomic E-state index is 12.8. The first kappa shape index (κ1) is 18.2. The first-order valence-electron chi connectivity index (χ1n) is 9.91. The summed E-state index contributed by atoms with van der Waals surface area (Å²) in [5, 5.41) is 15.5. The number of anilines is 1. The average molecular weight is 399 g/mol. The van der Waals surface area contributed by atoms with Gasteiger partial charge in [0.2, 0.25) is 5.91 Å². The Morgan fingerprint density at radius 3 is 2.80 bits per heavy atom. The van der Waals surface area contributed by atoms with E-state index >= 15 is 0 Å². The van der Waals surface area contributed by atoms with Gasteiger partial charge in [0.1, 0.15) is 12.1 Å². The lowest BCUT2D eigenvalue weighted by molar-refractivity contribution is -0.120. The lowest BCUT2D eigenvalue weighted by Crippen LogP contribution is -2.29. The standard InChI is InChI=1S/C22H21N7O/c1-28-19-11-15(7-8-16(19)13-25-28)22(30)26-20-10-9-17(12-23-20)21-27-24-14-29(21)18-5-3-2-4-6-18/h2-6,9-10,12-15H,7-8,11H2,1H3,(H,23,26,30). The number of aryl methyl sites for hydroxylation is 2. The summed E-state index contributed by atoms with van der Waals surface area (Å²) in [5.41, 5.74) is 4.18. The van der Waals surface area contributed by atoms with Gasteiger partial charge in [-0.2, -0.15) is 5.10 Å². The number of carbonyl (C=O) groups is 1. The molecule has 1 unspecified atom stereocenters. The Balaban J connectivity index is 1.30. The molecule has 0 radical (unpaired) electrons. The monoisotopic (exact) mass is 399 g/mol. The fourth-order valence-corrected chi connectivity index (χ4v) is 3.91. The predicted octanol–water partition coefficient (Wildman–Crippen LogP) is 2.81. The molecule has 1 N–H and O–H groups in total. The molecule has 150 valence electrons. The summed E-state index contributed by atoms with van der Waals surface area (Å²) in [7, 11) is 1.92. The number of aromatic nitrogens is 6. The summed E-state index contributed by atoms with van der Waals surface area (Å²) in [6.07, 6.45) is 7.69. The number of hydrogen-bond donors (Lipinski definition) is 1. The number of hydrogen-bond acceptors (Lipinski definition) is 5. The Morgan fingerprint density at radius 1 is 1.13 bits per heavy atom. The molecule has 1 aliphatic rings. The molecule has 3 heterocycles. The second-order valence-corrected chi connectivity index (χ2v) is 7.46. The van der Waals surface area contributed by atoms with Gasteiger partial charge in [-0.15, -0.1) is 10.2 Å². The minimum atomic E-state index is -0.0736. The van der Waals surface area contributed by atoms with E-state index in [9.17, 15) is 4.79 Å². The van der Waals surface area contributed by atoms with Gasteiger partial charge in [-0.05, 0) is 42.7 Å². The van der Waals surface area contributed by atoms with E-state index in [2.05, 4.69) is 25.6 Å². The van der Waals surface area contributed by atoms with Gasteiger partial charge >= 0.3 is 0 Å². The van der Waals surface area contributed by atoms with E-state index in [1.807, 2.05) is 58.9 Å². The summed E-state index contributed by atoms with van der Waals surface area (Å²) < 4.78 is 3.77. The number of rotatable bonds is 4. The first-order valence-corrected chi connectivity index (χ1v) is 9.91. The van der Waals surface area contributed by atoms with Crippen LogP contribution in [0.1, 0.15) is 17.7 Å². The molecule has 5 rings (SSSR count). The molecule has 1 amide bonds. The fourth-order valence-electron chi connectivity index (χ4n) is 3.91. The van der Waals surface area contributed by atoms with E-state index in [1.165, 1.54) is 5.56 Å². The Kier molecular flexibility index (Phi) is 4.59. The fraction of sp³-hybridized carbons (Fsp3) is 0.227. The minimum Gasteiger partial charge on any atom is -0.310 e. The smallest absolute Gasteiger partial charge is 0.229 e. The van der Waals surface area contributed by atoms with Gasteiger partial charge in [0.25, 0.3) is 0 Å². The highest BCUT2D eigenvalue weighted by Crippen LogP contribution is 2.26. The zero-order chi connectivity index (χ0) is 20.5. The minimum absolute atomic E-state index is 0.00504. The second-order valence-electron chi connectivity index (χ2n) is 7.46. The van der Waals surface area contributed by atoms with Crippen LogP contribution in [0.25, 0.3) is 17.1 Å². The molecule has 0 bridgehead atoms. The molecular weight excluding hydrogens is 378 g/mol. The van der Waals surface area contributed by atoms with Crippen molar-refractivity contribution >= 4 is 11.7 Å². The van der Waals surface area contributed by atoms with Crippen LogP contribution in [0.2, 0.25) is 0 Å². The first-order chi connectivity index (χ1) is 14.7. The summed E-state index contributed by atoms with van der Waals surface area (Å²) in [4.78, 5) is 17.2. The summed E-state index contributed by atoms with van der Waals surface area (Å²) >= 11 is 0. The molecule has 3 aromatic heterocycles. The molecule has 0 fully saturated rings. The zero-order valence-corrected chi connectivity index (χ0v) is 16.6. The van der Waals surface area contributed by atoms with Crippen LogP contribution in [0.4, 0.5) is 5.82 Å². The maximum Gasteiger partial charge on any atom is 0.229 e. The molecule has 8 heteroatoms. The van der Waals surface area contributed by atoms with Gasteiger partial charge in [-0.3, -0.25) is 14.0 Å². The molecule has 1 aliphatic carbocycles. The highest BCUT2D eigenvalue weighted by atomic mass is 16.1. The zero-order valence-electron chi connectivity index (χ0n) is 16.6. The number of pyridine rings is 1. The van der Waals surface area contributed by atoms with Crippen molar-refractivity contribution in [1.82, 2.24) is 29.5 Å². The summed E-state index contributed by atoms with van der Waals surface area (Å²) in [6, 6.07) is 13.6. The molecular formula is C22H21N7O. The summed E-state index contributed by atoms with van der Waals surface area (Å²) in [5.74, 6) is 1.15. The Morgan fingerprint density at radius 2 is 2.00 bits per heavy atom. The molecule has 1 atom stereocenters. The van der Waals surface area contributed by atoms with Crippen molar-refractivity contribution in [3.63, 3.8) is 0 Å². The summed E-state index contributed by atoms with van der Waals surface area (Å²) in [6.45, 7) is 0. The molecule has 30 heavy (non-hydrogen) atoms. The molecule has 4 aromatic rings. The molecule has 0 spiro atoms. The van der Waals surface area contributed by atoms with Gasteiger partial charge in [0.05, 0.1) is 6.20 Å². The van der Waals surface area contributed by atoms with E-state index in [0.29, 0.717) is 18.1 Å². The van der Waals surface area contributed by atoms with Gasteiger partial charge in [-0.1, -0.05) is 18.2 Å². The third-order valence-electron chi connectivity index (χ3n) is 5.58. The Hall–Kier alpha value is -3.81. The van der Waals surface area contributed by atoms with Crippen LogP contribution in [0.5, 0.6) is 0 Å². The van der Waals surface area contributed by atoms with E-state index in [4.69, 9.17) is 0 Å². The maximum atomic E-state index is 12.8. The Bertz CT molecular complexity index is 1180. The van der Waals surface area contributed by atoms with Crippen LogP contribution < -0.4 is 5.32 Å². The van der Waals surface area contributed by atoms with Crippen molar-refractivity contribution in [2.24, 2.45) is 13.0 Å². The van der Waals surface area contributed by atoms with Crippen LogP contribution in [0, 0.1) is 5.92 Å². The number of amides is 1. The van der Waals surface area contributed by atoms with Gasteiger partial charge < -0.3 is 5.32 Å². The van der Waals surface area contributed by atoms with E-state index < -0.39 is 0 Å². The molecule has 0 saturated carbocycles. The molecule has 0 saturated heterocycles. The average Bonchev–Trinajstić information content (AvgIpc) is 3.42. The van der Waals surface area contributed by atoms with Gasteiger partial charge in [-0.25, -0.2) is 4.98 Å². The normalized spacial score (nSPS) is 15.6. The van der Waals surface area contributed by atoms with Crippen molar-refractivity contribution < 1.29 is 4.79 Å². The van der Waals surface area contributed by atoms with E-state index in [0.717, 1.165) is 29.8 Å². The Labute approximate surface area is 173 Å². The number of para-hydroxylation sites is 1. The van der Waals surface area contributed by atoms with Crippen molar-refractivity contribution in [2.75, 3.05) is 5.32 Å². The number of fused-ring (bicyclic) bond motifs is 1. The SMILES string of the molecule is Cn1ncc2c1CC(C(=O)Nc1ccc(-c3nncn3-c3ccccc3)cn1)CC2. The van der Waals surface area contributed by atoms with Crippen molar-refractivity contribution in [3.8, 4) is 17.1 Å². The van der Waals surface area contributed by atoms with E-state index in [1.54, 1.807) is 18.6 Å². The van der Waals surface area contributed by atoms with Crippen LogP contribution in [-0.4, -0.2) is 35.4 Å². The van der Waals surface area contributed by atoms with E-state index in [-0.39, 0.29) is 11.8 Å². The van der Waals surface area contributed by atoms with Crippen LogP contribution >= 0.6 is 0 Å². The number of nitrogens with zero attached hydrogens (tertiary/aromatic N) is 6. The number of carbonyl (C=O) groups excluding carboxylic acids is 1. The third-order valence-corrected chi connectivity index (χ3v) is 5.58. The molecule has 8 nitrogen and oxygen atoms in total. The van der Waals surface area contributed by atoms with Gasteiger partial charge in [0, 0.05) is 42.5 Å². The highest BCUT2D eigenvalue weighted by molar-refractivity contribution is 5.92. The van der Waals surface area contributed by atoms with Crippen LogP contribution in [0.3, 0.4) is 0 Å². The largest absolute Gasteiger partial charge is 0.310 e. The highest BCUT2D eigenvalue weighted by Gasteiger charge is 2.27. The molecule has 1 aromatic carbocycles. The van der Waals surface area contributed by atoms with Gasteiger partial charge in [0.15, 0.2) is 5.82 Å². The number of nitrogens with one attached hydrogen (secondary N) is 1. The van der Waals surface area contributed by atoms with Crippen molar-refractivity contribution in [1.29, 1.82) is 0 Å². The quantitative estimate of drug-likeness (QED) is 0.570. The number of benzene rings is 1. The third kappa shape index (κ3) is 3.36. The topological polar surface area (TPSA) is 90.5 Å². The predicted molar refractivity (Wildman–Crippen MR) is 112 cm³/mol. The van der Waals surface area contributed by atoms with Crippen LogP contribution in [-0.2, 0) is 24.7 Å². The van der Waals surface area contributed by atoms with Crippen LogP contribution in [0.15, 0.2) is 61.2 Å². The molecule has 0 aliphatic heterocycles. The lowest BCUT2D eigenvalue weighted by atomic mass is 9.87.